The zero-order chi connectivity index (χ0) is 13.8. The molecule has 2 aromatic carbocycles. The van der Waals surface area contributed by atoms with Crippen molar-refractivity contribution in [3.8, 4) is 5.75 Å². The maximum atomic E-state index is 13.1. The molecule has 98 valence electrons. The highest BCUT2D eigenvalue weighted by atomic mass is 35.5. The third kappa shape index (κ3) is 3.55. The quantitative estimate of drug-likeness (QED) is 0.789. The van der Waals surface area contributed by atoms with Crippen molar-refractivity contribution in [2.45, 2.75) is 6.92 Å². The van der Waals surface area contributed by atoms with E-state index in [4.69, 9.17) is 16.3 Å². The predicted octanol–water partition coefficient (Wildman–Crippen LogP) is 4.05. The second-order valence-corrected chi connectivity index (χ2v) is 4.57. The van der Waals surface area contributed by atoms with Crippen LogP contribution >= 0.6 is 11.6 Å². The monoisotopic (exact) mass is 278 g/mol. The van der Waals surface area contributed by atoms with Crippen LogP contribution in [0.3, 0.4) is 0 Å². The summed E-state index contributed by atoms with van der Waals surface area (Å²) in [5, 5.41) is 0.576. The van der Waals surface area contributed by atoms with E-state index < -0.39 is 0 Å². The minimum atomic E-state index is -0.295. The lowest BCUT2D eigenvalue weighted by atomic mass is 10.1. The van der Waals surface area contributed by atoms with Crippen molar-refractivity contribution in [1.29, 1.82) is 0 Å². The summed E-state index contributed by atoms with van der Waals surface area (Å²) >= 11 is 5.74. The largest absolute Gasteiger partial charge is 0.485 e. The van der Waals surface area contributed by atoms with Gasteiger partial charge in [0.25, 0.3) is 0 Å². The fourth-order valence-electron chi connectivity index (χ4n) is 1.57. The van der Waals surface area contributed by atoms with Gasteiger partial charge in [0.2, 0.25) is 0 Å². The number of Topliss-reactive ketones (excluding diaryl/α,β-unsaturated/α-hetero) is 1. The number of ketones is 1. The Balaban J connectivity index is 2.00. The van der Waals surface area contributed by atoms with E-state index in [0.717, 1.165) is 0 Å². The molecule has 0 radical (unpaired) electrons. The molecule has 0 aliphatic heterocycles. The Morgan fingerprint density at radius 3 is 2.53 bits per heavy atom. The topological polar surface area (TPSA) is 26.3 Å². The number of carbonyl (C=O) groups is 1. The van der Waals surface area contributed by atoms with Gasteiger partial charge in [-0.1, -0.05) is 11.6 Å². The van der Waals surface area contributed by atoms with Gasteiger partial charge in [-0.05, 0) is 55.0 Å². The first-order chi connectivity index (χ1) is 9.06. The Labute approximate surface area is 115 Å². The van der Waals surface area contributed by atoms with Crippen LogP contribution in [-0.2, 0) is 0 Å². The van der Waals surface area contributed by atoms with Crippen molar-refractivity contribution < 1.29 is 13.9 Å². The number of carbonyl (C=O) groups excluding carboxylic acids is 1. The minimum absolute atomic E-state index is 0.0906. The molecule has 2 aromatic rings. The van der Waals surface area contributed by atoms with Crippen molar-refractivity contribution >= 4 is 17.4 Å². The molecule has 2 nitrogen and oxygen atoms in total. The van der Waals surface area contributed by atoms with Gasteiger partial charge < -0.3 is 4.74 Å². The summed E-state index contributed by atoms with van der Waals surface area (Å²) in [6, 6.07) is 11.0. The van der Waals surface area contributed by atoms with Gasteiger partial charge in [-0.3, -0.25) is 4.79 Å². The third-order valence-electron chi connectivity index (χ3n) is 2.67. The highest BCUT2D eigenvalue weighted by molar-refractivity contribution is 6.30. The lowest BCUT2D eigenvalue weighted by Gasteiger charge is -2.07. The van der Waals surface area contributed by atoms with Crippen LogP contribution < -0.4 is 4.74 Å². The van der Waals surface area contributed by atoms with E-state index >= 15 is 0 Å². The Morgan fingerprint density at radius 2 is 1.89 bits per heavy atom. The van der Waals surface area contributed by atoms with Crippen molar-refractivity contribution in [1.82, 2.24) is 0 Å². The zero-order valence-corrected chi connectivity index (χ0v) is 11.1. The van der Waals surface area contributed by atoms with Gasteiger partial charge in [-0.25, -0.2) is 4.39 Å². The first-order valence-electron chi connectivity index (χ1n) is 5.74. The van der Waals surface area contributed by atoms with Crippen LogP contribution in [0.25, 0.3) is 0 Å². The third-order valence-corrected chi connectivity index (χ3v) is 2.92. The first-order valence-corrected chi connectivity index (χ1v) is 6.12. The number of benzene rings is 2. The average molecular weight is 279 g/mol. The fourth-order valence-corrected chi connectivity index (χ4v) is 1.70. The molecule has 0 atom stereocenters. The van der Waals surface area contributed by atoms with E-state index in [1.165, 1.54) is 12.1 Å². The summed E-state index contributed by atoms with van der Waals surface area (Å²) in [7, 11) is 0. The number of aryl methyl sites for hydroxylation is 1. The highest BCUT2D eigenvalue weighted by Gasteiger charge is 2.07. The summed E-state index contributed by atoms with van der Waals surface area (Å²) < 4.78 is 18.4. The molecule has 2 rings (SSSR count). The number of hydrogen-bond donors (Lipinski definition) is 0. The van der Waals surface area contributed by atoms with Gasteiger partial charge in [0, 0.05) is 10.6 Å². The minimum Gasteiger partial charge on any atom is -0.485 e. The van der Waals surface area contributed by atoms with Crippen LogP contribution in [0.15, 0.2) is 42.5 Å². The number of rotatable bonds is 4. The smallest absolute Gasteiger partial charge is 0.200 e. The number of hydrogen-bond acceptors (Lipinski definition) is 2. The molecule has 4 heteroatoms. The molecule has 0 spiro atoms. The van der Waals surface area contributed by atoms with E-state index in [-0.39, 0.29) is 18.2 Å². The van der Waals surface area contributed by atoms with E-state index in [0.29, 0.717) is 21.9 Å². The van der Waals surface area contributed by atoms with Crippen molar-refractivity contribution in [2.75, 3.05) is 6.61 Å². The van der Waals surface area contributed by atoms with Crippen molar-refractivity contribution in [2.24, 2.45) is 0 Å². The summed E-state index contributed by atoms with van der Waals surface area (Å²) in [4.78, 5) is 11.8. The van der Waals surface area contributed by atoms with Crippen LogP contribution in [0.2, 0.25) is 5.02 Å². The maximum Gasteiger partial charge on any atom is 0.200 e. The van der Waals surface area contributed by atoms with E-state index in [1.54, 1.807) is 37.3 Å². The van der Waals surface area contributed by atoms with Crippen LogP contribution in [-0.4, -0.2) is 12.4 Å². The Kier molecular flexibility index (Phi) is 4.17. The van der Waals surface area contributed by atoms with Crippen LogP contribution in [0.1, 0.15) is 15.9 Å². The Morgan fingerprint density at radius 1 is 1.21 bits per heavy atom. The molecule has 0 aliphatic rings. The van der Waals surface area contributed by atoms with Crippen LogP contribution in [0, 0.1) is 12.7 Å². The molecule has 0 amide bonds. The summed E-state index contributed by atoms with van der Waals surface area (Å²) in [5.74, 6) is 0.0243. The number of halogens is 2. The van der Waals surface area contributed by atoms with Crippen molar-refractivity contribution in [3.05, 3.63) is 64.4 Å². The Hall–Kier alpha value is -1.87. The number of ether oxygens (including phenoxy) is 1. The fraction of sp³-hybridized carbons (Fsp3) is 0.133. The van der Waals surface area contributed by atoms with Crippen LogP contribution in [0.4, 0.5) is 4.39 Å². The molecule has 0 N–H and O–H groups in total. The second kappa shape index (κ2) is 5.85. The van der Waals surface area contributed by atoms with E-state index in [1.807, 2.05) is 0 Å². The lowest BCUT2D eigenvalue weighted by molar-refractivity contribution is 0.0921. The summed E-state index contributed by atoms with van der Waals surface area (Å²) in [5.41, 5.74) is 1.01. The average Bonchev–Trinajstić information content (AvgIpc) is 2.40. The van der Waals surface area contributed by atoms with Gasteiger partial charge in [0.15, 0.2) is 12.4 Å². The summed E-state index contributed by atoms with van der Waals surface area (Å²) in [6.45, 7) is 1.55. The van der Waals surface area contributed by atoms with Gasteiger partial charge in [-0.15, -0.1) is 0 Å². The zero-order valence-electron chi connectivity index (χ0n) is 10.3. The molecule has 0 fully saturated rings. The van der Waals surface area contributed by atoms with E-state index in [9.17, 15) is 9.18 Å². The highest BCUT2D eigenvalue weighted by Crippen LogP contribution is 2.16. The molecule has 0 aliphatic carbocycles. The van der Waals surface area contributed by atoms with E-state index in [2.05, 4.69) is 0 Å². The standard InChI is InChI=1S/C15H12ClFO2/c1-10-8-13(6-7-14(10)17)19-9-15(18)11-2-4-12(16)5-3-11/h2-8H,9H2,1H3. The summed E-state index contributed by atoms with van der Waals surface area (Å²) in [6.07, 6.45) is 0. The molecule has 0 saturated heterocycles. The van der Waals surface area contributed by atoms with Gasteiger partial charge in [0.1, 0.15) is 11.6 Å². The molecule has 19 heavy (non-hydrogen) atoms. The van der Waals surface area contributed by atoms with Gasteiger partial charge in [0.05, 0.1) is 0 Å². The van der Waals surface area contributed by atoms with Crippen LogP contribution in [0.5, 0.6) is 5.75 Å². The lowest BCUT2D eigenvalue weighted by Crippen LogP contribution is -2.11. The van der Waals surface area contributed by atoms with Gasteiger partial charge >= 0.3 is 0 Å². The van der Waals surface area contributed by atoms with Crippen molar-refractivity contribution in [3.63, 3.8) is 0 Å². The predicted molar refractivity (Wildman–Crippen MR) is 72.4 cm³/mol. The molecule has 0 bridgehead atoms. The second-order valence-electron chi connectivity index (χ2n) is 4.13. The normalized spacial score (nSPS) is 10.3. The molecule has 0 unspecified atom stereocenters. The Bertz CT molecular complexity index is 594. The molecule has 0 aromatic heterocycles. The SMILES string of the molecule is Cc1cc(OCC(=O)c2ccc(Cl)cc2)ccc1F. The molecule has 0 heterocycles. The maximum absolute atomic E-state index is 13.1. The van der Waals surface area contributed by atoms with Gasteiger partial charge in [-0.2, -0.15) is 0 Å². The molecule has 0 saturated carbocycles. The molecular formula is C15H12ClFO2. The first kappa shape index (κ1) is 13.6. The molecular weight excluding hydrogens is 267 g/mol.